The lowest BCUT2D eigenvalue weighted by Gasteiger charge is -2.09. The Hall–Kier alpha value is -1.80. The maximum Gasteiger partial charge on any atom is 0.446 e. The molecule has 0 radical (unpaired) electrons. The molecule has 0 heterocycles. The zero-order chi connectivity index (χ0) is 13.1. The normalized spacial score (nSPS) is 10.8. The van der Waals surface area contributed by atoms with Crippen LogP contribution < -0.4 is 14.2 Å². The van der Waals surface area contributed by atoms with Gasteiger partial charge in [0.25, 0.3) is 0 Å². The molecular weight excluding hydrogens is 250 g/mol. The van der Waals surface area contributed by atoms with E-state index in [4.69, 9.17) is 9.29 Å². The number of nitrogens with one attached hydrogen (secondary N) is 1. The summed E-state index contributed by atoms with van der Waals surface area (Å²) in [6.07, 6.45) is 0. The SMILES string of the molecule is COc1cc(NC(C)=O)ccc1OS(=O)(=O)O. The minimum Gasteiger partial charge on any atom is -0.493 e. The Morgan fingerprint density at radius 3 is 2.47 bits per heavy atom. The molecule has 0 spiro atoms. The van der Waals surface area contributed by atoms with Gasteiger partial charge in [-0.05, 0) is 12.1 Å². The molecule has 7 nitrogen and oxygen atoms in total. The van der Waals surface area contributed by atoms with Crippen molar-refractivity contribution >= 4 is 22.0 Å². The molecule has 8 heteroatoms. The second-order valence-electron chi connectivity index (χ2n) is 3.06. The van der Waals surface area contributed by atoms with E-state index >= 15 is 0 Å². The zero-order valence-corrected chi connectivity index (χ0v) is 9.95. The topological polar surface area (TPSA) is 102 Å². The number of hydrogen-bond donors (Lipinski definition) is 2. The molecule has 0 aliphatic heterocycles. The molecule has 1 aromatic carbocycles. The van der Waals surface area contributed by atoms with Gasteiger partial charge in [-0.25, -0.2) is 0 Å². The van der Waals surface area contributed by atoms with Gasteiger partial charge in [-0.1, -0.05) is 0 Å². The van der Waals surface area contributed by atoms with Gasteiger partial charge in [0.2, 0.25) is 5.91 Å². The lowest BCUT2D eigenvalue weighted by atomic mass is 10.3. The second kappa shape index (κ2) is 5.02. The molecule has 0 atom stereocenters. The molecule has 1 aromatic rings. The zero-order valence-electron chi connectivity index (χ0n) is 9.13. The van der Waals surface area contributed by atoms with E-state index in [1.54, 1.807) is 0 Å². The van der Waals surface area contributed by atoms with Crippen molar-refractivity contribution in [3.63, 3.8) is 0 Å². The van der Waals surface area contributed by atoms with Gasteiger partial charge < -0.3 is 14.2 Å². The summed E-state index contributed by atoms with van der Waals surface area (Å²) in [4.78, 5) is 10.8. The fourth-order valence-corrected chi connectivity index (χ4v) is 1.50. The number of amides is 1. The summed E-state index contributed by atoms with van der Waals surface area (Å²) in [6.45, 7) is 1.33. The van der Waals surface area contributed by atoms with E-state index in [0.717, 1.165) is 0 Å². The molecule has 1 amide bonds. The number of rotatable bonds is 4. The predicted octanol–water partition coefficient (Wildman–Crippen LogP) is 0.835. The van der Waals surface area contributed by atoms with Crippen LogP contribution in [0.1, 0.15) is 6.92 Å². The summed E-state index contributed by atoms with van der Waals surface area (Å²) < 4.78 is 38.7. The number of hydrogen-bond acceptors (Lipinski definition) is 5. The van der Waals surface area contributed by atoms with Crippen LogP contribution in [-0.4, -0.2) is 26.0 Å². The van der Waals surface area contributed by atoms with Crippen molar-refractivity contribution < 1.29 is 26.7 Å². The van der Waals surface area contributed by atoms with Crippen LogP contribution in [0, 0.1) is 0 Å². The Kier molecular flexibility index (Phi) is 3.92. The molecular formula is C9H11NO6S. The standard InChI is InChI=1S/C9H11NO6S/c1-6(11)10-7-3-4-8(9(5-7)15-2)16-17(12,13)14/h3-5H,1-2H3,(H,10,11)(H,12,13,14). The lowest BCUT2D eigenvalue weighted by molar-refractivity contribution is -0.114. The Balaban J connectivity index is 3.05. The van der Waals surface area contributed by atoms with Gasteiger partial charge >= 0.3 is 10.4 Å². The molecule has 17 heavy (non-hydrogen) atoms. The molecule has 0 unspecified atom stereocenters. The number of carbonyl (C=O) groups excluding carboxylic acids is 1. The first-order valence-electron chi connectivity index (χ1n) is 4.44. The highest BCUT2D eigenvalue weighted by Crippen LogP contribution is 2.30. The van der Waals surface area contributed by atoms with Crippen molar-refractivity contribution in [1.29, 1.82) is 0 Å². The van der Waals surface area contributed by atoms with E-state index in [-0.39, 0.29) is 17.4 Å². The Labute approximate surface area is 98.3 Å². The molecule has 0 saturated heterocycles. The van der Waals surface area contributed by atoms with Crippen molar-refractivity contribution in [3.8, 4) is 11.5 Å². The van der Waals surface area contributed by atoms with Crippen LogP contribution in [0.25, 0.3) is 0 Å². The van der Waals surface area contributed by atoms with Crippen LogP contribution >= 0.6 is 0 Å². The molecule has 0 fully saturated rings. The smallest absolute Gasteiger partial charge is 0.446 e. The van der Waals surface area contributed by atoms with Crippen LogP contribution in [0.15, 0.2) is 18.2 Å². The molecule has 0 aliphatic rings. The first kappa shape index (κ1) is 13.3. The summed E-state index contributed by atoms with van der Waals surface area (Å²) >= 11 is 0. The van der Waals surface area contributed by atoms with E-state index in [0.29, 0.717) is 5.69 Å². The van der Waals surface area contributed by atoms with Crippen LogP contribution in [0.5, 0.6) is 11.5 Å². The Morgan fingerprint density at radius 2 is 2.00 bits per heavy atom. The highest BCUT2D eigenvalue weighted by Gasteiger charge is 2.13. The van der Waals surface area contributed by atoms with E-state index < -0.39 is 10.4 Å². The summed E-state index contributed by atoms with van der Waals surface area (Å²) in [7, 11) is -3.32. The predicted molar refractivity (Wildman–Crippen MR) is 59.5 cm³/mol. The van der Waals surface area contributed by atoms with Crippen molar-refractivity contribution in [2.75, 3.05) is 12.4 Å². The molecule has 0 aliphatic carbocycles. The number of carbonyl (C=O) groups is 1. The van der Waals surface area contributed by atoms with Gasteiger partial charge in [0.15, 0.2) is 11.5 Å². The minimum absolute atomic E-state index is 0.0638. The van der Waals surface area contributed by atoms with Gasteiger partial charge in [0.1, 0.15) is 0 Å². The molecule has 1 rings (SSSR count). The van der Waals surface area contributed by atoms with Crippen molar-refractivity contribution in [3.05, 3.63) is 18.2 Å². The van der Waals surface area contributed by atoms with Gasteiger partial charge in [0, 0.05) is 18.7 Å². The number of anilines is 1. The largest absolute Gasteiger partial charge is 0.493 e. The quantitative estimate of drug-likeness (QED) is 0.778. The molecule has 0 bridgehead atoms. The van der Waals surface area contributed by atoms with Crippen molar-refractivity contribution in [2.24, 2.45) is 0 Å². The fraction of sp³-hybridized carbons (Fsp3) is 0.222. The van der Waals surface area contributed by atoms with Crippen molar-refractivity contribution in [2.45, 2.75) is 6.92 Å². The first-order valence-corrected chi connectivity index (χ1v) is 5.81. The van der Waals surface area contributed by atoms with E-state index in [2.05, 4.69) is 9.50 Å². The van der Waals surface area contributed by atoms with Crippen LogP contribution in [0.2, 0.25) is 0 Å². The van der Waals surface area contributed by atoms with E-state index in [9.17, 15) is 13.2 Å². The number of ether oxygens (including phenoxy) is 1. The maximum atomic E-state index is 10.8. The third kappa shape index (κ3) is 4.29. The highest BCUT2D eigenvalue weighted by atomic mass is 32.3. The van der Waals surface area contributed by atoms with Gasteiger partial charge in [-0.2, -0.15) is 8.42 Å². The first-order chi connectivity index (χ1) is 7.81. The Bertz CT molecular complexity index is 524. The monoisotopic (exact) mass is 261 g/mol. The summed E-state index contributed by atoms with van der Waals surface area (Å²) in [6, 6.07) is 4.02. The average Bonchev–Trinajstić information content (AvgIpc) is 2.17. The maximum absolute atomic E-state index is 10.8. The molecule has 0 aromatic heterocycles. The van der Waals surface area contributed by atoms with Gasteiger partial charge in [-0.15, -0.1) is 0 Å². The van der Waals surface area contributed by atoms with Crippen molar-refractivity contribution in [1.82, 2.24) is 0 Å². The van der Waals surface area contributed by atoms with E-state index in [1.807, 2.05) is 0 Å². The summed E-state index contributed by atoms with van der Waals surface area (Å²) in [5, 5.41) is 2.48. The molecule has 94 valence electrons. The minimum atomic E-state index is -4.61. The highest BCUT2D eigenvalue weighted by molar-refractivity contribution is 7.81. The van der Waals surface area contributed by atoms with Gasteiger partial charge in [0.05, 0.1) is 7.11 Å². The number of benzene rings is 1. The van der Waals surface area contributed by atoms with Crippen LogP contribution in [0.4, 0.5) is 5.69 Å². The third-order valence-corrected chi connectivity index (χ3v) is 2.07. The summed E-state index contributed by atoms with van der Waals surface area (Å²) in [5.74, 6) is -0.395. The molecule has 2 N–H and O–H groups in total. The van der Waals surface area contributed by atoms with Gasteiger partial charge in [-0.3, -0.25) is 9.35 Å². The third-order valence-electron chi connectivity index (χ3n) is 1.68. The van der Waals surface area contributed by atoms with Crippen LogP contribution in [0.3, 0.4) is 0 Å². The van der Waals surface area contributed by atoms with Crippen LogP contribution in [-0.2, 0) is 15.2 Å². The average molecular weight is 261 g/mol. The lowest BCUT2D eigenvalue weighted by Crippen LogP contribution is -2.09. The molecule has 0 saturated carbocycles. The number of methoxy groups -OCH3 is 1. The summed E-state index contributed by atoms with van der Waals surface area (Å²) in [5.41, 5.74) is 0.414. The Morgan fingerprint density at radius 1 is 1.35 bits per heavy atom. The second-order valence-corrected chi connectivity index (χ2v) is 4.08. The van der Waals surface area contributed by atoms with E-state index in [1.165, 1.54) is 32.2 Å². The fourth-order valence-electron chi connectivity index (χ4n) is 1.13.